The van der Waals surface area contributed by atoms with Crippen LogP contribution in [0.5, 0.6) is 5.75 Å². The van der Waals surface area contributed by atoms with Crippen LogP contribution < -0.4 is 10.2 Å². The van der Waals surface area contributed by atoms with Gasteiger partial charge in [-0.3, -0.25) is 0 Å². The lowest BCUT2D eigenvalue weighted by atomic mass is 10.0. The Kier molecular flexibility index (Phi) is 6.11. The van der Waals surface area contributed by atoms with Crippen LogP contribution in [0, 0.1) is 0 Å². The summed E-state index contributed by atoms with van der Waals surface area (Å²) in [5.41, 5.74) is 3.68. The number of nitrogens with one attached hydrogen (secondary N) is 1. The summed E-state index contributed by atoms with van der Waals surface area (Å²) < 4.78 is 31.0. The van der Waals surface area contributed by atoms with Crippen LogP contribution in [-0.2, 0) is 27.7 Å². The molecule has 9 nitrogen and oxygen atoms in total. The van der Waals surface area contributed by atoms with Gasteiger partial charge in [-0.15, -0.1) is 0 Å². The second-order valence-corrected chi connectivity index (χ2v) is 10.5. The fraction of sp³-hybridized carbons (Fsp3) is 0.333. The molecule has 0 saturated carbocycles. The normalized spacial score (nSPS) is 16.8. The summed E-state index contributed by atoms with van der Waals surface area (Å²) in [6, 6.07) is 14.8. The average molecular weight is 482 g/mol. The Morgan fingerprint density at radius 2 is 1.82 bits per heavy atom. The van der Waals surface area contributed by atoms with Crippen LogP contribution in [0.4, 0.5) is 17.3 Å². The van der Waals surface area contributed by atoms with E-state index in [1.807, 2.05) is 30.3 Å². The fourth-order valence-electron chi connectivity index (χ4n) is 4.27. The van der Waals surface area contributed by atoms with Crippen LogP contribution in [0.2, 0.25) is 0 Å². The van der Waals surface area contributed by atoms with E-state index >= 15 is 0 Å². The van der Waals surface area contributed by atoms with Crippen molar-refractivity contribution in [1.82, 2.24) is 14.3 Å². The maximum absolute atomic E-state index is 12.0. The molecule has 178 valence electrons. The maximum atomic E-state index is 12.0. The Hall–Kier alpha value is -3.21. The number of fused-ring (bicyclic) bond motifs is 1. The van der Waals surface area contributed by atoms with Gasteiger partial charge in [0.1, 0.15) is 17.4 Å². The molecule has 1 saturated heterocycles. The molecule has 34 heavy (non-hydrogen) atoms. The smallest absolute Gasteiger partial charge is 0.211 e. The van der Waals surface area contributed by atoms with E-state index in [9.17, 15) is 13.5 Å². The first-order chi connectivity index (χ1) is 16.3. The van der Waals surface area contributed by atoms with E-state index < -0.39 is 10.0 Å². The predicted octanol–water partition coefficient (Wildman–Crippen LogP) is 2.75. The number of rotatable bonds is 5. The molecule has 0 amide bonds. The Morgan fingerprint density at radius 3 is 2.59 bits per heavy atom. The molecule has 3 heterocycles. The molecule has 0 spiro atoms. The predicted molar refractivity (Wildman–Crippen MR) is 131 cm³/mol. The Labute approximate surface area is 199 Å². The van der Waals surface area contributed by atoms with E-state index in [-0.39, 0.29) is 5.75 Å². The van der Waals surface area contributed by atoms with E-state index in [0.717, 1.165) is 35.7 Å². The number of hydrogen-bond acceptors (Lipinski definition) is 8. The minimum absolute atomic E-state index is 0.150. The lowest BCUT2D eigenvalue weighted by Gasteiger charge is -2.28. The highest BCUT2D eigenvalue weighted by Crippen LogP contribution is 2.29. The SMILES string of the molecule is CS(=O)(=O)N1CCc2ccc(Nc3cc(N4CCOCC4)nc(-c4cccc(O)c4)n3)cc2C1. The largest absolute Gasteiger partial charge is 0.508 e. The van der Waals surface area contributed by atoms with Crippen molar-refractivity contribution in [2.45, 2.75) is 13.0 Å². The van der Waals surface area contributed by atoms with Gasteiger partial charge in [-0.05, 0) is 41.8 Å². The van der Waals surface area contributed by atoms with Gasteiger partial charge in [-0.25, -0.2) is 18.4 Å². The van der Waals surface area contributed by atoms with Gasteiger partial charge in [-0.1, -0.05) is 18.2 Å². The third-order valence-corrected chi connectivity index (χ3v) is 7.33. The molecule has 0 radical (unpaired) electrons. The number of aromatic nitrogens is 2. The van der Waals surface area contributed by atoms with Crippen LogP contribution >= 0.6 is 0 Å². The molecule has 0 unspecified atom stereocenters. The zero-order chi connectivity index (χ0) is 23.7. The molecule has 2 aliphatic heterocycles. The quantitative estimate of drug-likeness (QED) is 0.573. The molecule has 0 atom stereocenters. The Bertz CT molecular complexity index is 1310. The maximum Gasteiger partial charge on any atom is 0.211 e. The minimum atomic E-state index is -3.24. The van der Waals surface area contributed by atoms with Crippen molar-refractivity contribution in [1.29, 1.82) is 0 Å². The summed E-state index contributed by atoms with van der Waals surface area (Å²) in [6.07, 6.45) is 1.94. The van der Waals surface area contributed by atoms with Gasteiger partial charge in [0.25, 0.3) is 0 Å². The van der Waals surface area contributed by atoms with E-state index in [4.69, 9.17) is 14.7 Å². The van der Waals surface area contributed by atoms with Gasteiger partial charge in [0.2, 0.25) is 10.0 Å². The van der Waals surface area contributed by atoms with E-state index in [2.05, 4.69) is 10.2 Å². The number of nitrogens with zero attached hydrogens (tertiary/aromatic N) is 4. The monoisotopic (exact) mass is 481 g/mol. The summed E-state index contributed by atoms with van der Waals surface area (Å²) in [4.78, 5) is 11.6. The lowest BCUT2D eigenvalue weighted by molar-refractivity contribution is 0.122. The fourth-order valence-corrected chi connectivity index (χ4v) is 5.06. The summed E-state index contributed by atoms with van der Waals surface area (Å²) >= 11 is 0. The number of phenolic OH excluding ortho intramolecular Hbond substituents is 1. The number of phenols is 1. The molecule has 2 aliphatic rings. The van der Waals surface area contributed by atoms with Gasteiger partial charge in [-0.2, -0.15) is 4.31 Å². The van der Waals surface area contributed by atoms with Crippen molar-refractivity contribution in [3.63, 3.8) is 0 Å². The zero-order valence-corrected chi connectivity index (χ0v) is 19.8. The summed E-state index contributed by atoms with van der Waals surface area (Å²) in [6.45, 7) is 3.60. The van der Waals surface area contributed by atoms with Crippen LogP contribution in [0.15, 0.2) is 48.5 Å². The van der Waals surface area contributed by atoms with Crippen molar-refractivity contribution >= 4 is 27.3 Å². The number of sulfonamides is 1. The second kappa shape index (κ2) is 9.21. The van der Waals surface area contributed by atoms with Crippen LogP contribution in [0.3, 0.4) is 0 Å². The standard InChI is InChI=1S/C24H27N5O4S/c1-34(31,32)29-8-7-17-5-6-20(13-19(17)16-29)25-22-15-23(28-9-11-33-12-10-28)27-24(26-22)18-3-2-4-21(30)14-18/h2-6,13-15,30H,7-12,16H2,1H3,(H,25,26,27). The van der Waals surface area contributed by atoms with Crippen LogP contribution in [0.25, 0.3) is 11.4 Å². The number of aromatic hydroxyl groups is 1. The Balaban J connectivity index is 1.48. The van der Waals surface area contributed by atoms with Crippen molar-refractivity contribution in [3.8, 4) is 17.1 Å². The van der Waals surface area contributed by atoms with E-state index in [1.54, 1.807) is 18.2 Å². The molecule has 10 heteroatoms. The highest BCUT2D eigenvalue weighted by molar-refractivity contribution is 7.88. The van der Waals surface area contributed by atoms with E-state index in [1.165, 1.54) is 10.6 Å². The van der Waals surface area contributed by atoms with Crippen LogP contribution in [-0.4, -0.2) is 66.9 Å². The van der Waals surface area contributed by atoms with Gasteiger partial charge in [0.15, 0.2) is 5.82 Å². The zero-order valence-electron chi connectivity index (χ0n) is 18.9. The lowest BCUT2D eigenvalue weighted by Crippen LogP contribution is -2.36. The molecule has 0 bridgehead atoms. The third-order valence-electron chi connectivity index (χ3n) is 6.08. The average Bonchev–Trinajstić information content (AvgIpc) is 2.83. The van der Waals surface area contributed by atoms with Crippen LogP contribution in [0.1, 0.15) is 11.1 Å². The van der Waals surface area contributed by atoms with Crippen molar-refractivity contribution < 1.29 is 18.3 Å². The van der Waals surface area contributed by atoms with Gasteiger partial charge < -0.3 is 20.1 Å². The number of benzene rings is 2. The topological polar surface area (TPSA) is 108 Å². The number of morpholine rings is 1. The van der Waals surface area contributed by atoms with Crippen molar-refractivity contribution in [2.75, 3.05) is 49.3 Å². The summed E-state index contributed by atoms with van der Waals surface area (Å²) in [5.74, 6) is 2.05. The first-order valence-corrected chi connectivity index (χ1v) is 13.1. The highest BCUT2D eigenvalue weighted by Gasteiger charge is 2.23. The minimum Gasteiger partial charge on any atom is -0.508 e. The molecular weight excluding hydrogens is 454 g/mol. The molecule has 3 aromatic rings. The van der Waals surface area contributed by atoms with Gasteiger partial charge in [0.05, 0.1) is 19.5 Å². The highest BCUT2D eigenvalue weighted by atomic mass is 32.2. The molecule has 2 aromatic carbocycles. The number of hydrogen-bond donors (Lipinski definition) is 2. The van der Waals surface area contributed by atoms with Crippen molar-refractivity contribution in [3.05, 3.63) is 59.7 Å². The summed E-state index contributed by atoms with van der Waals surface area (Å²) in [5, 5.41) is 13.3. The molecule has 5 rings (SSSR count). The molecule has 1 aromatic heterocycles. The van der Waals surface area contributed by atoms with Gasteiger partial charge in [0, 0.05) is 43.5 Å². The molecule has 2 N–H and O–H groups in total. The Morgan fingerprint density at radius 1 is 1.00 bits per heavy atom. The molecular formula is C24H27N5O4S. The molecule has 0 aliphatic carbocycles. The first-order valence-electron chi connectivity index (χ1n) is 11.2. The van der Waals surface area contributed by atoms with E-state index in [0.29, 0.717) is 49.9 Å². The van der Waals surface area contributed by atoms with Gasteiger partial charge >= 0.3 is 0 Å². The molecule has 1 fully saturated rings. The van der Waals surface area contributed by atoms with Crippen molar-refractivity contribution in [2.24, 2.45) is 0 Å². The third kappa shape index (κ3) is 4.98. The number of ether oxygens (including phenoxy) is 1. The number of anilines is 3. The summed E-state index contributed by atoms with van der Waals surface area (Å²) in [7, 11) is -3.24. The second-order valence-electron chi connectivity index (χ2n) is 8.54. The first kappa shape index (κ1) is 22.6.